The second-order valence-electron chi connectivity index (χ2n) is 4.95. The fourth-order valence-corrected chi connectivity index (χ4v) is 2.37. The van der Waals surface area contributed by atoms with Crippen LogP contribution in [-0.2, 0) is 16.0 Å². The Balaban J connectivity index is 1.82. The lowest BCUT2D eigenvalue weighted by atomic mass is 10.0. The van der Waals surface area contributed by atoms with Gasteiger partial charge in [0.1, 0.15) is 0 Å². The van der Waals surface area contributed by atoms with Crippen molar-refractivity contribution in [2.75, 3.05) is 26.2 Å². The monoisotopic (exact) mass is 260 g/mol. The minimum Gasteiger partial charge on any atom is -0.342 e. The largest absolute Gasteiger partial charge is 0.342 e. The van der Waals surface area contributed by atoms with E-state index in [2.05, 4.69) is 19.1 Å². The summed E-state index contributed by atoms with van der Waals surface area (Å²) in [6, 6.07) is 8.17. The van der Waals surface area contributed by atoms with E-state index in [1.165, 1.54) is 11.1 Å². The Kier molecular flexibility index (Phi) is 4.55. The third kappa shape index (κ3) is 3.56. The molecule has 1 saturated heterocycles. The van der Waals surface area contributed by atoms with Crippen LogP contribution in [0.1, 0.15) is 17.5 Å². The van der Waals surface area contributed by atoms with E-state index in [9.17, 15) is 9.59 Å². The van der Waals surface area contributed by atoms with Crippen molar-refractivity contribution in [1.82, 2.24) is 9.80 Å². The molecule has 2 amide bonds. The minimum atomic E-state index is 0.189. The van der Waals surface area contributed by atoms with E-state index in [-0.39, 0.29) is 5.91 Å². The first-order valence-electron chi connectivity index (χ1n) is 6.72. The lowest BCUT2D eigenvalue weighted by Gasteiger charge is -2.32. The van der Waals surface area contributed by atoms with Crippen LogP contribution in [0.4, 0.5) is 0 Å². The molecule has 19 heavy (non-hydrogen) atoms. The van der Waals surface area contributed by atoms with Crippen LogP contribution in [0, 0.1) is 6.92 Å². The van der Waals surface area contributed by atoms with Crippen LogP contribution in [0.15, 0.2) is 24.3 Å². The molecule has 4 nitrogen and oxygen atoms in total. The smallest absolute Gasteiger partial charge is 0.223 e. The minimum absolute atomic E-state index is 0.189. The van der Waals surface area contributed by atoms with Gasteiger partial charge in [-0.3, -0.25) is 9.59 Å². The van der Waals surface area contributed by atoms with Gasteiger partial charge in [0, 0.05) is 32.6 Å². The molecule has 0 atom stereocenters. The van der Waals surface area contributed by atoms with Gasteiger partial charge >= 0.3 is 0 Å². The molecule has 0 bridgehead atoms. The molecule has 1 aromatic carbocycles. The summed E-state index contributed by atoms with van der Waals surface area (Å²) in [4.78, 5) is 26.3. The summed E-state index contributed by atoms with van der Waals surface area (Å²) in [6.07, 6.45) is 2.19. The first kappa shape index (κ1) is 13.6. The molecule has 2 rings (SSSR count). The molecule has 102 valence electrons. The molecule has 0 unspecified atom stereocenters. The number of benzene rings is 1. The Hall–Kier alpha value is -1.84. The van der Waals surface area contributed by atoms with Gasteiger partial charge in [0.05, 0.1) is 0 Å². The van der Waals surface area contributed by atoms with E-state index in [0.29, 0.717) is 32.6 Å². The summed E-state index contributed by atoms with van der Waals surface area (Å²) in [5.74, 6) is 0.189. The average Bonchev–Trinajstić information content (AvgIpc) is 2.46. The predicted octanol–water partition coefficient (Wildman–Crippen LogP) is 1.23. The topological polar surface area (TPSA) is 40.6 Å². The SMILES string of the molecule is Cc1ccccc1CCC(=O)N1CCN(C=O)CC1. The number of carbonyl (C=O) groups excluding carboxylic acids is 2. The summed E-state index contributed by atoms with van der Waals surface area (Å²) in [5.41, 5.74) is 2.48. The zero-order chi connectivity index (χ0) is 13.7. The van der Waals surface area contributed by atoms with Crippen molar-refractivity contribution < 1.29 is 9.59 Å². The van der Waals surface area contributed by atoms with Gasteiger partial charge in [-0.2, -0.15) is 0 Å². The number of hydrogen-bond acceptors (Lipinski definition) is 2. The Bertz CT molecular complexity index is 451. The van der Waals surface area contributed by atoms with E-state index >= 15 is 0 Å². The molecule has 0 radical (unpaired) electrons. The van der Waals surface area contributed by atoms with Gasteiger partial charge in [0.2, 0.25) is 12.3 Å². The van der Waals surface area contributed by atoms with Gasteiger partial charge in [-0.05, 0) is 24.5 Å². The van der Waals surface area contributed by atoms with Gasteiger partial charge in [-0.25, -0.2) is 0 Å². The highest BCUT2D eigenvalue weighted by atomic mass is 16.2. The molecule has 1 aliphatic rings. The number of amides is 2. The molecule has 1 aromatic rings. The maximum atomic E-state index is 12.1. The second-order valence-corrected chi connectivity index (χ2v) is 4.95. The first-order chi connectivity index (χ1) is 9.20. The van der Waals surface area contributed by atoms with Gasteiger partial charge in [0.25, 0.3) is 0 Å². The summed E-state index contributed by atoms with van der Waals surface area (Å²) in [6.45, 7) is 4.69. The van der Waals surface area contributed by atoms with Gasteiger partial charge < -0.3 is 9.80 Å². The Morgan fingerprint density at radius 2 is 1.89 bits per heavy atom. The number of piperazine rings is 1. The molecule has 0 spiro atoms. The van der Waals surface area contributed by atoms with Crippen molar-refractivity contribution in [3.8, 4) is 0 Å². The first-order valence-corrected chi connectivity index (χ1v) is 6.72. The van der Waals surface area contributed by atoms with Crippen molar-refractivity contribution in [2.45, 2.75) is 19.8 Å². The summed E-state index contributed by atoms with van der Waals surface area (Å²) in [5, 5.41) is 0. The maximum absolute atomic E-state index is 12.1. The predicted molar refractivity (Wildman–Crippen MR) is 73.7 cm³/mol. The van der Waals surface area contributed by atoms with Crippen molar-refractivity contribution in [3.63, 3.8) is 0 Å². The summed E-state index contributed by atoms with van der Waals surface area (Å²) in [7, 11) is 0. The molecule has 0 aromatic heterocycles. The third-order valence-electron chi connectivity index (χ3n) is 3.69. The fraction of sp³-hybridized carbons (Fsp3) is 0.467. The van der Waals surface area contributed by atoms with Crippen LogP contribution in [-0.4, -0.2) is 48.3 Å². The Morgan fingerprint density at radius 1 is 1.21 bits per heavy atom. The van der Waals surface area contributed by atoms with E-state index in [1.54, 1.807) is 4.90 Å². The lowest BCUT2D eigenvalue weighted by Crippen LogP contribution is -2.48. The maximum Gasteiger partial charge on any atom is 0.223 e. The quantitative estimate of drug-likeness (QED) is 0.764. The number of aryl methyl sites for hydroxylation is 2. The van der Waals surface area contributed by atoms with Crippen molar-refractivity contribution in [3.05, 3.63) is 35.4 Å². The molecule has 0 N–H and O–H groups in total. The third-order valence-corrected chi connectivity index (χ3v) is 3.69. The highest BCUT2D eigenvalue weighted by Crippen LogP contribution is 2.11. The Labute approximate surface area is 114 Å². The average molecular weight is 260 g/mol. The Morgan fingerprint density at radius 3 is 2.53 bits per heavy atom. The number of hydrogen-bond donors (Lipinski definition) is 0. The molecule has 1 heterocycles. The van der Waals surface area contributed by atoms with E-state index < -0.39 is 0 Å². The van der Waals surface area contributed by atoms with Crippen molar-refractivity contribution in [2.24, 2.45) is 0 Å². The summed E-state index contributed by atoms with van der Waals surface area (Å²) < 4.78 is 0. The van der Waals surface area contributed by atoms with E-state index in [4.69, 9.17) is 0 Å². The van der Waals surface area contributed by atoms with Crippen LogP contribution in [0.2, 0.25) is 0 Å². The molecule has 4 heteroatoms. The van der Waals surface area contributed by atoms with E-state index in [0.717, 1.165) is 12.8 Å². The number of rotatable bonds is 4. The van der Waals surface area contributed by atoms with Gasteiger partial charge in [-0.1, -0.05) is 24.3 Å². The van der Waals surface area contributed by atoms with Crippen LogP contribution in [0.25, 0.3) is 0 Å². The van der Waals surface area contributed by atoms with Crippen molar-refractivity contribution in [1.29, 1.82) is 0 Å². The highest BCUT2D eigenvalue weighted by Gasteiger charge is 2.19. The zero-order valence-corrected chi connectivity index (χ0v) is 11.3. The molecule has 1 fully saturated rings. The second kappa shape index (κ2) is 6.36. The normalized spacial score (nSPS) is 15.4. The van der Waals surface area contributed by atoms with Crippen LogP contribution in [0.5, 0.6) is 0 Å². The molecular formula is C15H20N2O2. The van der Waals surface area contributed by atoms with Crippen LogP contribution in [0.3, 0.4) is 0 Å². The molecule has 0 aliphatic carbocycles. The summed E-state index contributed by atoms with van der Waals surface area (Å²) >= 11 is 0. The van der Waals surface area contributed by atoms with Gasteiger partial charge in [-0.15, -0.1) is 0 Å². The van der Waals surface area contributed by atoms with Crippen LogP contribution < -0.4 is 0 Å². The number of carbonyl (C=O) groups is 2. The van der Waals surface area contributed by atoms with Crippen LogP contribution >= 0.6 is 0 Å². The van der Waals surface area contributed by atoms with E-state index in [1.807, 2.05) is 17.0 Å². The molecule has 0 saturated carbocycles. The molecular weight excluding hydrogens is 240 g/mol. The fourth-order valence-electron chi connectivity index (χ4n) is 2.37. The lowest BCUT2D eigenvalue weighted by molar-refractivity contribution is -0.135. The zero-order valence-electron chi connectivity index (χ0n) is 11.3. The molecule has 1 aliphatic heterocycles. The highest BCUT2D eigenvalue weighted by molar-refractivity contribution is 5.76. The van der Waals surface area contributed by atoms with Gasteiger partial charge in [0.15, 0.2) is 0 Å². The van der Waals surface area contributed by atoms with Crippen molar-refractivity contribution >= 4 is 12.3 Å². The standard InChI is InChI=1S/C15H20N2O2/c1-13-4-2-3-5-14(13)6-7-15(19)17-10-8-16(12-18)9-11-17/h2-5,12H,6-11H2,1H3. The number of nitrogens with zero attached hydrogens (tertiary/aromatic N) is 2.